The minimum Gasteiger partial charge on any atom is -0.482 e. The lowest BCUT2D eigenvalue weighted by Crippen LogP contribution is -2.02. The van der Waals surface area contributed by atoms with Crippen molar-refractivity contribution in [2.75, 3.05) is 7.11 Å². The lowest BCUT2D eigenvalue weighted by Gasteiger charge is -2.03. The van der Waals surface area contributed by atoms with Crippen molar-refractivity contribution in [3.63, 3.8) is 0 Å². The molecule has 0 bridgehead atoms. The van der Waals surface area contributed by atoms with Gasteiger partial charge in [0, 0.05) is 6.20 Å². The highest BCUT2D eigenvalue weighted by atomic mass is 19.1. The molecule has 6 nitrogen and oxygen atoms in total. The number of para-hydroxylation sites is 1. The summed E-state index contributed by atoms with van der Waals surface area (Å²) in [5, 5.41) is 4.19. The number of rotatable bonds is 4. The van der Waals surface area contributed by atoms with Crippen LogP contribution in [0.5, 0.6) is 5.75 Å². The summed E-state index contributed by atoms with van der Waals surface area (Å²) in [7, 11) is 1.31. The highest BCUT2D eigenvalue weighted by Gasteiger charge is 2.10. The molecule has 3 rings (SSSR count). The van der Waals surface area contributed by atoms with Crippen LogP contribution >= 0.6 is 0 Å². The Morgan fingerprint density at radius 1 is 1.32 bits per heavy atom. The Bertz CT molecular complexity index is 832. The molecule has 2 heterocycles. The number of benzene rings is 1. The Hall–Kier alpha value is -2.96. The molecule has 0 unspecified atom stereocenters. The largest absolute Gasteiger partial charge is 0.482 e. The first-order valence-electron chi connectivity index (χ1n) is 6.48. The second-order valence-corrected chi connectivity index (χ2v) is 4.46. The first-order valence-corrected chi connectivity index (χ1v) is 6.48. The molecule has 2 aromatic heterocycles. The van der Waals surface area contributed by atoms with Crippen LogP contribution in [0.1, 0.15) is 16.2 Å². The van der Waals surface area contributed by atoms with Crippen LogP contribution in [0.15, 0.2) is 42.6 Å². The van der Waals surface area contributed by atoms with E-state index in [1.807, 2.05) is 0 Å². The molecule has 0 spiro atoms. The van der Waals surface area contributed by atoms with Crippen molar-refractivity contribution in [2.45, 2.75) is 6.61 Å². The second kappa shape index (κ2) is 5.80. The summed E-state index contributed by atoms with van der Waals surface area (Å²) >= 11 is 0. The zero-order valence-corrected chi connectivity index (χ0v) is 11.7. The number of methoxy groups -OCH3 is 1. The summed E-state index contributed by atoms with van der Waals surface area (Å²) in [6.45, 7) is 0.0240. The number of pyridine rings is 1. The maximum atomic E-state index is 13.5. The maximum absolute atomic E-state index is 13.5. The Morgan fingerprint density at radius 2 is 2.14 bits per heavy atom. The Kier molecular flexibility index (Phi) is 3.69. The fraction of sp³-hybridized carbons (Fsp3) is 0.133. The minimum absolute atomic E-state index is 0.0240. The molecule has 0 aliphatic carbocycles. The molecule has 0 radical (unpaired) electrons. The van der Waals surface area contributed by atoms with Crippen molar-refractivity contribution in [1.82, 2.24) is 14.6 Å². The molecular weight excluding hydrogens is 289 g/mol. The summed E-state index contributed by atoms with van der Waals surface area (Å²) in [4.78, 5) is 15.7. The van der Waals surface area contributed by atoms with Gasteiger partial charge in [-0.3, -0.25) is 0 Å². The van der Waals surface area contributed by atoms with E-state index in [-0.39, 0.29) is 12.4 Å². The smallest absolute Gasteiger partial charge is 0.338 e. The third-order valence-electron chi connectivity index (χ3n) is 3.00. The zero-order valence-electron chi connectivity index (χ0n) is 11.7. The van der Waals surface area contributed by atoms with Gasteiger partial charge in [0.1, 0.15) is 6.61 Å². The maximum Gasteiger partial charge on any atom is 0.338 e. The van der Waals surface area contributed by atoms with E-state index in [1.165, 1.54) is 23.8 Å². The predicted molar refractivity (Wildman–Crippen MR) is 75.1 cm³/mol. The molecule has 112 valence electrons. The van der Waals surface area contributed by atoms with Crippen molar-refractivity contribution < 1.29 is 18.7 Å². The van der Waals surface area contributed by atoms with Crippen LogP contribution in [-0.2, 0) is 11.3 Å². The van der Waals surface area contributed by atoms with Gasteiger partial charge in [-0.2, -0.15) is 0 Å². The number of halogens is 1. The quantitative estimate of drug-likeness (QED) is 0.691. The van der Waals surface area contributed by atoms with Crippen LogP contribution in [0.3, 0.4) is 0 Å². The van der Waals surface area contributed by atoms with Crippen LogP contribution in [-0.4, -0.2) is 27.7 Å². The number of hydrogen-bond acceptors (Lipinski definition) is 5. The van der Waals surface area contributed by atoms with Gasteiger partial charge < -0.3 is 9.47 Å². The van der Waals surface area contributed by atoms with E-state index >= 15 is 0 Å². The number of ether oxygens (including phenoxy) is 2. The summed E-state index contributed by atoms with van der Waals surface area (Å²) in [5.74, 6) is -0.379. The molecule has 0 amide bonds. The average molecular weight is 301 g/mol. The third-order valence-corrected chi connectivity index (χ3v) is 3.00. The first kappa shape index (κ1) is 14.0. The summed E-state index contributed by atoms with van der Waals surface area (Å²) in [6, 6.07) is 9.24. The molecule has 0 saturated carbocycles. The van der Waals surface area contributed by atoms with Crippen molar-refractivity contribution in [3.05, 3.63) is 59.8 Å². The van der Waals surface area contributed by atoms with Crippen molar-refractivity contribution in [1.29, 1.82) is 0 Å². The standard InChI is InChI=1S/C15H12FN3O3/c1-21-15(20)10-6-7-19-14(8-10)17-13(18-19)9-22-12-5-3-2-4-11(12)16/h2-8H,9H2,1H3. The molecule has 0 aliphatic heterocycles. The summed E-state index contributed by atoms with van der Waals surface area (Å²) in [5.41, 5.74) is 0.860. The molecule has 0 fully saturated rings. The predicted octanol–water partition coefficient (Wildman–Crippen LogP) is 2.23. The molecule has 0 N–H and O–H groups in total. The van der Waals surface area contributed by atoms with E-state index in [4.69, 9.17) is 4.74 Å². The third kappa shape index (κ3) is 2.73. The minimum atomic E-state index is -0.449. The van der Waals surface area contributed by atoms with Crippen LogP contribution in [0, 0.1) is 5.82 Å². The lowest BCUT2D eigenvalue weighted by molar-refractivity contribution is 0.0600. The van der Waals surface area contributed by atoms with E-state index in [1.54, 1.807) is 30.5 Å². The van der Waals surface area contributed by atoms with Crippen LogP contribution < -0.4 is 4.74 Å². The monoisotopic (exact) mass is 301 g/mol. The fourth-order valence-electron chi connectivity index (χ4n) is 1.94. The fourth-order valence-corrected chi connectivity index (χ4v) is 1.94. The van der Waals surface area contributed by atoms with Gasteiger partial charge in [0.05, 0.1) is 12.7 Å². The number of nitrogens with zero attached hydrogens (tertiary/aromatic N) is 3. The van der Waals surface area contributed by atoms with Gasteiger partial charge in [-0.05, 0) is 24.3 Å². The Balaban J connectivity index is 1.80. The zero-order chi connectivity index (χ0) is 15.5. The van der Waals surface area contributed by atoms with Crippen molar-refractivity contribution in [2.24, 2.45) is 0 Å². The molecule has 1 aromatic carbocycles. The van der Waals surface area contributed by atoms with Gasteiger partial charge >= 0.3 is 5.97 Å². The van der Waals surface area contributed by atoms with E-state index < -0.39 is 11.8 Å². The average Bonchev–Trinajstić information content (AvgIpc) is 2.95. The van der Waals surface area contributed by atoms with Crippen molar-refractivity contribution in [3.8, 4) is 5.75 Å². The number of carbonyl (C=O) groups excluding carboxylic acids is 1. The SMILES string of the molecule is COC(=O)c1ccn2nc(COc3ccccc3F)nc2c1. The second-order valence-electron chi connectivity index (χ2n) is 4.46. The van der Waals surface area contributed by atoms with Crippen molar-refractivity contribution >= 4 is 11.6 Å². The number of esters is 1. The lowest BCUT2D eigenvalue weighted by atomic mass is 10.3. The van der Waals surface area contributed by atoms with Gasteiger partial charge in [0.25, 0.3) is 0 Å². The molecule has 7 heteroatoms. The number of fused-ring (bicyclic) bond motifs is 1. The summed E-state index contributed by atoms with van der Waals surface area (Å²) < 4.78 is 25.0. The number of hydrogen-bond donors (Lipinski definition) is 0. The highest BCUT2D eigenvalue weighted by molar-refractivity contribution is 5.90. The topological polar surface area (TPSA) is 65.7 Å². The van der Waals surface area contributed by atoms with Gasteiger partial charge in [0.15, 0.2) is 23.0 Å². The summed E-state index contributed by atoms with van der Waals surface area (Å²) in [6.07, 6.45) is 1.60. The Morgan fingerprint density at radius 3 is 2.91 bits per heavy atom. The van der Waals surface area contributed by atoms with Gasteiger partial charge in [-0.15, -0.1) is 5.10 Å². The van der Waals surface area contributed by atoms with Crippen LogP contribution in [0.25, 0.3) is 5.65 Å². The van der Waals surface area contributed by atoms with E-state index in [2.05, 4.69) is 14.8 Å². The molecule has 0 aliphatic rings. The van der Waals surface area contributed by atoms with E-state index in [0.29, 0.717) is 17.0 Å². The van der Waals surface area contributed by atoms with E-state index in [9.17, 15) is 9.18 Å². The van der Waals surface area contributed by atoms with Gasteiger partial charge in [-0.25, -0.2) is 18.7 Å². The number of carbonyl (C=O) groups is 1. The van der Waals surface area contributed by atoms with Gasteiger partial charge in [0.2, 0.25) is 0 Å². The molecule has 0 saturated heterocycles. The van der Waals surface area contributed by atoms with E-state index in [0.717, 1.165) is 0 Å². The highest BCUT2D eigenvalue weighted by Crippen LogP contribution is 2.16. The van der Waals surface area contributed by atoms with Crippen LogP contribution in [0.4, 0.5) is 4.39 Å². The molecular formula is C15H12FN3O3. The normalized spacial score (nSPS) is 10.6. The molecule has 3 aromatic rings. The van der Waals surface area contributed by atoms with Gasteiger partial charge in [-0.1, -0.05) is 12.1 Å². The Labute approximate surface area is 125 Å². The molecule has 22 heavy (non-hydrogen) atoms. The number of aromatic nitrogens is 3. The first-order chi connectivity index (χ1) is 10.7. The van der Waals surface area contributed by atoms with Crippen LogP contribution in [0.2, 0.25) is 0 Å². The molecule has 0 atom stereocenters.